The number of benzene rings is 3. The summed E-state index contributed by atoms with van der Waals surface area (Å²) in [6.07, 6.45) is 0.952. The van der Waals surface area contributed by atoms with Crippen molar-refractivity contribution in [3.8, 4) is 0 Å². The van der Waals surface area contributed by atoms with Crippen molar-refractivity contribution >= 4 is 17.6 Å². The molecule has 3 aromatic carbocycles. The Morgan fingerprint density at radius 2 is 1.48 bits per heavy atom. The third kappa shape index (κ3) is 6.32. The lowest BCUT2D eigenvalue weighted by atomic mass is 9.98. The van der Waals surface area contributed by atoms with Crippen LogP contribution in [0.25, 0.3) is 0 Å². The highest BCUT2D eigenvalue weighted by atomic mass is 16.5. The highest BCUT2D eigenvalue weighted by molar-refractivity contribution is 5.93. The summed E-state index contributed by atoms with van der Waals surface area (Å²) in [5.41, 5.74) is 3.98. The van der Waals surface area contributed by atoms with Crippen molar-refractivity contribution in [1.29, 1.82) is 0 Å². The average molecular weight is 387 g/mol. The second-order valence-corrected chi connectivity index (χ2v) is 7.04. The minimum atomic E-state index is -0.380. The van der Waals surface area contributed by atoms with Crippen molar-refractivity contribution in [2.75, 3.05) is 11.9 Å². The van der Waals surface area contributed by atoms with Gasteiger partial charge < -0.3 is 10.1 Å². The fourth-order valence-electron chi connectivity index (χ4n) is 3.15. The van der Waals surface area contributed by atoms with E-state index in [4.69, 9.17) is 4.74 Å². The van der Waals surface area contributed by atoms with E-state index in [1.165, 1.54) is 0 Å². The molecule has 3 aromatic rings. The van der Waals surface area contributed by atoms with Gasteiger partial charge in [-0.3, -0.25) is 9.59 Å². The van der Waals surface area contributed by atoms with Gasteiger partial charge >= 0.3 is 5.97 Å². The van der Waals surface area contributed by atoms with Gasteiger partial charge in [0.05, 0.1) is 6.42 Å². The molecule has 1 amide bonds. The van der Waals surface area contributed by atoms with Gasteiger partial charge in [-0.1, -0.05) is 85.8 Å². The Bertz CT molecular complexity index is 939. The van der Waals surface area contributed by atoms with Gasteiger partial charge in [0.25, 0.3) is 5.91 Å². The lowest BCUT2D eigenvalue weighted by Crippen LogP contribution is -2.22. The van der Waals surface area contributed by atoms with E-state index in [2.05, 4.69) is 5.32 Å². The molecule has 0 saturated heterocycles. The molecule has 0 saturated carbocycles. The molecule has 148 valence electrons. The quantitative estimate of drug-likeness (QED) is 0.556. The Balaban J connectivity index is 1.51. The van der Waals surface area contributed by atoms with E-state index in [1.54, 1.807) is 0 Å². The molecule has 0 aliphatic heterocycles. The van der Waals surface area contributed by atoms with Crippen LogP contribution >= 0.6 is 0 Å². The minimum Gasteiger partial charge on any atom is -0.456 e. The fourth-order valence-corrected chi connectivity index (χ4v) is 3.15. The first-order valence-corrected chi connectivity index (χ1v) is 9.74. The number of nitrogens with one attached hydrogen (secondary N) is 1. The van der Waals surface area contributed by atoms with Gasteiger partial charge in [0, 0.05) is 5.69 Å². The van der Waals surface area contributed by atoms with E-state index in [0.717, 1.165) is 22.4 Å². The first-order chi connectivity index (χ1) is 14.1. The van der Waals surface area contributed by atoms with E-state index in [9.17, 15) is 9.59 Å². The molecule has 0 aromatic heterocycles. The Morgan fingerprint density at radius 1 is 0.862 bits per heavy atom. The molecule has 0 heterocycles. The van der Waals surface area contributed by atoms with Crippen molar-refractivity contribution in [2.45, 2.75) is 25.7 Å². The van der Waals surface area contributed by atoms with Crippen LogP contribution in [0.3, 0.4) is 0 Å². The molecule has 0 radical (unpaired) electrons. The van der Waals surface area contributed by atoms with E-state index in [-0.39, 0.29) is 30.8 Å². The molecular weight excluding hydrogens is 362 g/mol. The summed E-state index contributed by atoms with van der Waals surface area (Å²) in [6.45, 7) is 1.68. The minimum absolute atomic E-state index is 0.0401. The molecule has 0 fully saturated rings. The van der Waals surface area contributed by atoms with E-state index >= 15 is 0 Å². The summed E-state index contributed by atoms with van der Waals surface area (Å²) in [6, 6.07) is 27.5. The molecule has 1 atom stereocenters. The lowest BCUT2D eigenvalue weighted by molar-refractivity contribution is -0.147. The zero-order valence-corrected chi connectivity index (χ0v) is 16.5. The SMILES string of the molecule is C[C@H](CC(=O)OCC(=O)Nc1ccccc1Cc1ccccc1)c1ccccc1. The number of hydrogen-bond donors (Lipinski definition) is 1. The molecule has 1 N–H and O–H groups in total. The van der Waals surface area contributed by atoms with E-state index in [1.807, 2.05) is 91.9 Å². The van der Waals surface area contributed by atoms with E-state index in [0.29, 0.717) is 6.42 Å². The largest absolute Gasteiger partial charge is 0.456 e. The first-order valence-electron chi connectivity index (χ1n) is 9.74. The standard InChI is InChI=1S/C25H25NO3/c1-19(21-12-6-3-7-13-21)16-25(28)29-18-24(27)26-23-15-9-8-14-22(23)17-20-10-4-2-5-11-20/h2-15,19H,16-18H2,1H3,(H,26,27)/t19-/m1/s1. The van der Waals surface area contributed by atoms with Crippen molar-refractivity contribution in [3.63, 3.8) is 0 Å². The molecule has 0 aliphatic rings. The average Bonchev–Trinajstić information content (AvgIpc) is 2.75. The number of carbonyl (C=O) groups is 2. The summed E-state index contributed by atoms with van der Waals surface area (Å²) in [5.74, 6) is -0.682. The van der Waals surface area contributed by atoms with Gasteiger partial charge in [0.1, 0.15) is 0 Å². The maximum atomic E-state index is 12.3. The highest BCUT2D eigenvalue weighted by Gasteiger charge is 2.14. The van der Waals surface area contributed by atoms with Crippen LogP contribution in [0.5, 0.6) is 0 Å². The number of carbonyl (C=O) groups excluding carboxylic acids is 2. The number of para-hydroxylation sites is 1. The van der Waals surface area contributed by atoms with Crippen molar-refractivity contribution in [2.24, 2.45) is 0 Å². The monoisotopic (exact) mass is 387 g/mol. The number of esters is 1. The number of hydrogen-bond acceptors (Lipinski definition) is 3. The van der Waals surface area contributed by atoms with E-state index < -0.39 is 0 Å². The predicted molar refractivity (Wildman–Crippen MR) is 115 cm³/mol. The van der Waals surface area contributed by atoms with Gasteiger partial charge in [-0.2, -0.15) is 0 Å². The van der Waals surface area contributed by atoms with Crippen molar-refractivity contribution in [1.82, 2.24) is 0 Å². The maximum Gasteiger partial charge on any atom is 0.306 e. The zero-order chi connectivity index (χ0) is 20.5. The second kappa shape index (κ2) is 10.2. The highest BCUT2D eigenvalue weighted by Crippen LogP contribution is 2.20. The van der Waals surface area contributed by atoms with Crippen molar-refractivity contribution in [3.05, 3.63) is 102 Å². The van der Waals surface area contributed by atoms with Gasteiger partial charge in [0.2, 0.25) is 0 Å². The van der Waals surface area contributed by atoms with Crippen LogP contribution in [0.1, 0.15) is 36.0 Å². The summed E-state index contributed by atoms with van der Waals surface area (Å²) >= 11 is 0. The van der Waals surface area contributed by atoms with Crippen LogP contribution in [0.15, 0.2) is 84.9 Å². The molecule has 0 bridgehead atoms. The number of ether oxygens (including phenoxy) is 1. The molecule has 29 heavy (non-hydrogen) atoms. The van der Waals surface area contributed by atoms with Crippen LogP contribution < -0.4 is 5.32 Å². The molecule has 4 nitrogen and oxygen atoms in total. The zero-order valence-electron chi connectivity index (χ0n) is 16.5. The van der Waals surface area contributed by atoms with Gasteiger partial charge in [-0.25, -0.2) is 0 Å². The molecular formula is C25H25NO3. The summed E-state index contributed by atoms with van der Waals surface area (Å²) in [5, 5.41) is 2.85. The van der Waals surface area contributed by atoms with Crippen LogP contribution in [0, 0.1) is 0 Å². The van der Waals surface area contributed by atoms with Crippen LogP contribution in [0.4, 0.5) is 5.69 Å². The first kappa shape index (κ1) is 20.3. The second-order valence-electron chi connectivity index (χ2n) is 7.04. The topological polar surface area (TPSA) is 55.4 Å². The Morgan fingerprint density at radius 3 is 2.21 bits per heavy atom. The lowest BCUT2D eigenvalue weighted by Gasteiger charge is -2.13. The summed E-state index contributed by atoms with van der Waals surface area (Å²) in [7, 11) is 0. The Kier molecular flexibility index (Phi) is 7.17. The molecule has 0 spiro atoms. The normalized spacial score (nSPS) is 11.5. The van der Waals surface area contributed by atoms with Crippen LogP contribution in [-0.2, 0) is 20.7 Å². The molecule has 0 aliphatic carbocycles. The van der Waals surface area contributed by atoms with Gasteiger partial charge in [-0.15, -0.1) is 0 Å². The molecule has 4 heteroatoms. The van der Waals surface area contributed by atoms with Crippen LogP contribution in [-0.4, -0.2) is 18.5 Å². The Labute approximate surface area is 171 Å². The number of rotatable bonds is 8. The summed E-state index contributed by atoms with van der Waals surface area (Å²) < 4.78 is 5.18. The van der Waals surface area contributed by atoms with Gasteiger partial charge in [0.15, 0.2) is 6.61 Å². The molecule has 0 unspecified atom stereocenters. The molecule has 3 rings (SSSR count). The predicted octanol–water partition coefficient (Wildman–Crippen LogP) is 4.95. The third-order valence-electron chi connectivity index (χ3n) is 4.73. The number of anilines is 1. The maximum absolute atomic E-state index is 12.3. The van der Waals surface area contributed by atoms with Gasteiger partial charge in [-0.05, 0) is 35.1 Å². The summed E-state index contributed by atoms with van der Waals surface area (Å²) in [4.78, 5) is 24.4. The fraction of sp³-hybridized carbons (Fsp3) is 0.200. The number of amides is 1. The third-order valence-corrected chi connectivity index (χ3v) is 4.73. The Hall–Kier alpha value is -3.40. The van der Waals surface area contributed by atoms with Crippen LogP contribution in [0.2, 0.25) is 0 Å². The van der Waals surface area contributed by atoms with Crippen molar-refractivity contribution < 1.29 is 14.3 Å². The smallest absolute Gasteiger partial charge is 0.306 e.